The molecule has 0 aliphatic carbocycles. The molecule has 2 N–H and O–H groups in total. The Hall–Kier alpha value is -0.850. The second kappa shape index (κ2) is 5.41. The van der Waals surface area contributed by atoms with E-state index in [9.17, 15) is 9.90 Å². The Kier molecular flexibility index (Phi) is 3.88. The lowest BCUT2D eigenvalue weighted by Gasteiger charge is -2.35. The van der Waals surface area contributed by atoms with Crippen molar-refractivity contribution >= 4 is 48.7 Å². The molecule has 1 aromatic heterocycles. The fourth-order valence-electron chi connectivity index (χ4n) is 3.14. The molecule has 0 amide bonds. The van der Waals surface area contributed by atoms with Crippen LogP contribution in [0.4, 0.5) is 0 Å². The minimum atomic E-state index is -0.846. The summed E-state index contributed by atoms with van der Waals surface area (Å²) in [7, 11) is 0. The smallest absolute Gasteiger partial charge is 0.306 e. The van der Waals surface area contributed by atoms with Gasteiger partial charge < -0.3 is 14.8 Å². The predicted molar refractivity (Wildman–Crippen MR) is 87.6 cm³/mol. The number of halogens is 2. The summed E-state index contributed by atoms with van der Waals surface area (Å²) in [6, 6.07) is 3.97. The van der Waals surface area contributed by atoms with Gasteiger partial charge in [-0.2, -0.15) is 0 Å². The molecule has 1 aliphatic heterocycles. The average Bonchev–Trinajstić information content (AvgIpc) is 2.84. The number of benzene rings is 1. The molecule has 1 atom stereocenters. The molecule has 2 aromatic rings. The third-order valence-electron chi connectivity index (χ3n) is 4.15. The third kappa shape index (κ3) is 2.33. The monoisotopic (exact) mass is 415 g/mol. The maximum Gasteiger partial charge on any atom is 0.306 e. The number of aromatic nitrogens is 1. The van der Waals surface area contributed by atoms with Gasteiger partial charge in [-0.15, -0.1) is 0 Å². The van der Waals surface area contributed by atoms with E-state index in [0.29, 0.717) is 13.0 Å². The van der Waals surface area contributed by atoms with Crippen LogP contribution in [0.3, 0.4) is 0 Å². The molecule has 0 fully saturated rings. The highest BCUT2D eigenvalue weighted by Gasteiger charge is 2.41. The Labute approximate surface area is 139 Å². The van der Waals surface area contributed by atoms with Crippen LogP contribution in [0.1, 0.15) is 31.0 Å². The van der Waals surface area contributed by atoms with Gasteiger partial charge in [-0.3, -0.25) is 4.79 Å². The fourth-order valence-corrected chi connectivity index (χ4v) is 4.14. The molecule has 0 saturated heterocycles. The third-order valence-corrected chi connectivity index (χ3v) is 5.47. The van der Waals surface area contributed by atoms with Gasteiger partial charge in [0.15, 0.2) is 0 Å². The van der Waals surface area contributed by atoms with E-state index in [1.54, 1.807) is 0 Å². The van der Waals surface area contributed by atoms with Crippen molar-refractivity contribution in [1.82, 2.24) is 4.98 Å². The van der Waals surface area contributed by atoms with E-state index in [-0.39, 0.29) is 6.42 Å². The number of H-pyrrole nitrogens is 1. The maximum atomic E-state index is 11.3. The van der Waals surface area contributed by atoms with Gasteiger partial charge in [0.1, 0.15) is 5.60 Å². The Bertz CT molecular complexity index is 725. The first kappa shape index (κ1) is 15.1. The van der Waals surface area contributed by atoms with Gasteiger partial charge in [-0.25, -0.2) is 0 Å². The molecule has 112 valence electrons. The zero-order chi connectivity index (χ0) is 15.2. The molecule has 2 heterocycles. The van der Waals surface area contributed by atoms with Crippen molar-refractivity contribution in [1.29, 1.82) is 0 Å². The molecule has 21 heavy (non-hydrogen) atoms. The Morgan fingerprint density at radius 2 is 2.14 bits per heavy atom. The maximum absolute atomic E-state index is 11.3. The number of carboxylic acids is 1. The molecule has 6 heteroatoms. The largest absolute Gasteiger partial charge is 0.481 e. The summed E-state index contributed by atoms with van der Waals surface area (Å²) >= 11 is 7.16. The van der Waals surface area contributed by atoms with Gasteiger partial charge in [0.2, 0.25) is 0 Å². The van der Waals surface area contributed by atoms with E-state index < -0.39 is 11.6 Å². The zero-order valence-electron chi connectivity index (χ0n) is 11.5. The lowest BCUT2D eigenvalue weighted by atomic mass is 9.86. The van der Waals surface area contributed by atoms with E-state index >= 15 is 0 Å². The number of carbonyl (C=O) groups is 1. The van der Waals surface area contributed by atoms with Crippen LogP contribution in [0.15, 0.2) is 21.1 Å². The van der Waals surface area contributed by atoms with E-state index in [4.69, 9.17) is 4.74 Å². The number of hydrogen-bond donors (Lipinski definition) is 2. The molecule has 0 radical (unpaired) electrons. The number of hydrogen-bond acceptors (Lipinski definition) is 2. The van der Waals surface area contributed by atoms with Crippen molar-refractivity contribution in [3.05, 3.63) is 32.3 Å². The highest BCUT2D eigenvalue weighted by atomic mass is 79.9. The van der Waals surface area contributed by atoms with Crippen molar-refractivity contribution < 1.29 is 14.6 Å². The molecule has 0 spiro atoms. The van der Waals surface area contributed by atoms with Crippen LogP contribution in [-0.2, 0) is 21.6 Å². The predicted octanol–water partition coefficient (Wildman–Crippen LogP) is 4.35. The summed E-state index contributed by atoms with van der Waals surface area (Å²) in [5, 5.41) is 10.4. The van der Waals surface area contributed by atoms with Gasteiger partial charge in [0, 0.05) is 14.3 Å². The molecule has 3 rings (SSSR count). The van der Waals surface area contributed by atoms with Crippen LogP contribution in [0.2, 0.25) is 0 Å². The summed E-state index contributed by atoms with van der Waals surface area (Å²) in [4.78, 5) is 14.7. The number of rotatable bonds is 3. The second-order valence-corrected chi connectivity index (χ2v) is 6.98. The van der Waals surface area contributed by atoms with E-state index in [0.717, 1.165) is 37.5 Å². The summed E-state index contributed by atoms with van der Waals surface area (Å²) in [5.41, 5.74) is 2.29. The van der Waals surface area contributed by atoms with E-state index in [1.807, 2.05) is 19.1 Å². The van der Waals surface area contributed by atoms with Gasteiger partial charge >= 0.3 is 5.97 Å². The van der Waals surface area contributed by atoms with Crippen LogP contribution < -0.4 is 0 Å². The topological polar surface area (TPSA) is 62.3 Å². The summed E-state index contributed by atoms with van der Waals surface area (Å²) in [6.45, 7) is 2.51. The number of aliphatic carboxylic acids is 1. The molecular formula is C15H15Br2NO3. The summed E-state index contributed by atoms with van der Waals surface area (Å²) < 4.78 is 7.90. The summed E-state index contributed by atoms with van der Waals surface area (Å²) in [5.74, 6) is -0.846. The average molecular weight is 417 g/mol. The van der Waals surface area contributed by atoms with Crippen LogP contribution >= 0.6 is 31.9 Å². The minimum absolute atomic E-state index is 0.0292. The zero-order valence-corrected chi connectivity index (χ0v) is 14.7. The van der Waals surface area contributed by atoms with Gasteiger partial charge in [-0.05, 0) is 46.5 Å². The summed E-state index contributed by atoms with van der Waals surface area (Å²) in [6.07, 6.45) is 1.37. The molecular weight excluding hydrogens is 402 g/mol. The molecule has 0 bridgehead atoms. The van der Waals surface area contributed by atoms with Crippen molar-refractivity contribution in [2.75, 3.05) is 6.61 Å². The van der Waals surface area contributed by atoms with E-state index in [2.05, 4.69) is 36.8 Å². The van der Waals surface area contributed by atoms with Gasteiger partial charge in [0.05, 0.1) is 24.2 Å². The normalized spacial score (nSPS) is 21.5. The number of nitrogens with one attached hydrogen (secondary N) is 1. The van der Waals surface area contributed by atoms with Crippen molar-refractivity contribution in [2.24, 2.45) is 0 Å². The fraction of sp³-hybridized carbons (Fsp3) is 0.400. The number of ether oxygens (including phenoxy) is 1. The van der Waals surface area contributed by atoms with Gasteiger partial charge in [-0.1, -0.05) is 22.9 Å². The van der Waals surface area contributed by atoms with Crippen LogP contribution in [0.5, 0.6) is 0 Å². The number of carboxylic acid groups (broad SMARTS) is 1. The lowest BCUT2D eigenvalue weighted by Crippen LogP contribution is -2.37. The Balaban J connectivity index is 2.29. The standard InChI is InChI=1S/C15H15Br2NO3/c1-2-15(7-11(19)20)14-8(5-6-21-15)12-9(16)3-4-10(17)13(12)18-14/h3-4,18H,2,5-7H2,1H3,(H,19,20). The van der Waals surface area contributed by atoms with E-state index in [1.165, 1.54) is 0 Å². The Morgan fingerprint density at radius 3 is 2.81 bits per heavy atom. The van der Waals surface area contributed by atoms with Crippen molar-refractivity contribution in [3.8, 4) is 0 Å². The van der Waals surface area contributed by atoms with Gasteiger partial charge in [0.25, 0.3) is 0 Å². The SMILES string of the molecule is CCC1(CC(=O)O)OCCc2c1[nH]c1c(Br)ccc(Br)c21. The number of fused-ring (bicyclic) bond motifs is 3. The first-order valence-electron chi connectivity index (χ1n) is 6.83. The van der Waals surface area contributed by atoms with Crippen molar-refractivity contribution in [3.63, 3.8) is 0 Å². The first-order chi connectivity index (χ1) is 9.98. The molecule has 0 saturated carbocycles. The molecule has 4 nitrogen and oxygen atoms in total. The molecule has 1 aliphatic rings. The van der Waals surface area contributed by atoms with Crippen molar-refractivity contribution in [2.45, 2.75) is 31.8 Å². The first-order valence-corrected chi connectivity index (χ1v) is 8.42. The molecule has 1 unspecified atom stereocenters. The second-order valence-electron chi connectivity index (χ2n) is 5.27. The van der Waals surface area contributed by atoms with Crippen LogP contribution in [-0.4, -0.2) is 22.7 Å². The van der Waals surface area contributed by atoms with Crippen LogP contribution in [0, 0.1) is 0 Å². The number of aromatic amines is 1. The van der Waals surface area contributed by atoms with Crippen LogP contribution in [0.25, 0.3) is 10.9 Å². The minimum Gasteiger partial charge on any atom is -0.481 e. The Morgan fingerprint density at radius 1 is 1.43 bits per heavy atom. The highest BCUT2D eigenvalue weighted by Crippen LogP contribution is 2.44. The quantitative estimate of drug-likeness (QED) is 0.781. The lowest BCUT2D eigenvalue weighted by molar-refractivity contribution is -0.148. The molecule has 1 aromatic carbocycles. The highest BCUT2D eigenvalue weighted by molar-refractivity contribution is 9.11.